The Morgan fingerprint density at radius 2 is 2.11 bits per heavy atom. The van der Waals surface area contributed by atoms with Crippen molar-refractivity contribution in [2.45, 2.75) is 0 Å². The Balaban J connectivity index is 2.40. The molecule has 0 saturated heterocycles. The van der Waals surface area contributed by atoms with Crippen LogP contribution in [0.2, 0.25) is 0 Å². The molecule has 2 aromatic heterocycles. The molecule has 0 fully saturated rings. The van der Waals surface area contributed by atoms with E-state index in [1.54, 1.807) is 30.5 Å². The molecular formula is C14H10N2O3. The van der Waals surface area contributed by atoms with E-state index < -0.39 is 5.97 Å². The maximum absolute atomic E-state index is 12.3. The second-order valence-corrected chi connectivity index (χ2v) is 4.07. The third-order valence-corrected chi connectivity index (χ3v) is 2.94. The molecule has 0 unspecified atom stereocenters. The van der Waals surface area contributed by atoms with E-state index in [0.29, 0.717) is 22.1 Å². The summed E-state index contributed by atoms with van der Waals surface area (Å²) in [6.07, 6.45) is 1.65. The number of benzene rings is 1. The highest BCUT2D eigenvalue weighted by atomic mass is 16.5. The van der Waals surface area contributed by atoms with Gasteiger partial charge in [-0.1, -0.05) is 6.07 Å². The average molecular weight is 254 g/mol. The molecule has 94 valence electrons. The van der Waals surface area contributed by atoms with Gasteiger partial charge < -0.3 is 4.74 Å². The van der Waals surface area contributed by atoms with Crippen molar-refractivity contribution >= 4 is 22.5 Å². The molecule has 0 aliphatic heterocycles. The number of carbonyl (C=O) groups is 1. The summed E-state index contributed by atoms with van der Waals surface area (Å²) in [7, 11) is 1.30. The molecule has 19 heavy (non-hydrogen) atoms. The van der Waals surface area contributed by atoms with Crippen molar-refractivity contribution in [3.05, 3.63) is 58.5 Å². The smallest absolute Gasteiger partial charge is 0.337 e. The van der Waals surface area contributed by atoms with Crippen LogP contribution in [0.25, 0.3) is 16.6 Å². The monoisotopic (exact) mass is 254 g/mol. The minimum Gasteiger partial charge on any atom is -0.465 e. The summed E-state index contributed by atoms with van der Waals surface area (Å²) in [6, 6.07) is 10.1. The van der Waals surface area contributed by atoms with Crippen LogP contribution >= 0.6 is 0 Å². The molecule has 0 atom stereocenters. The van der Waals surface area contributed by atoms with Gasteiger partial charge in [-0.15, -0.1) is 0 Å². The number of hydrogen-bond donors (Lipinski definition) is 0. The maximum atomic E-state index is 12.3. The summed E-state index contributed by atoms with van der Waals surface area (Å²) in [4.78, 5) is 28.2. The third-order valence-electron chi connectivity index (χ3n) is 2.94. The fourth-order valence-electron chi connectivity index (χ4n) is 2.00. The summed E-state index contributed by atoms with van der Waals surface area (Å²) >= 11 is 0. The van der Waals surface area contributed by atoms with Crippen molar-refractivity contribution in [1.82, 2.24) is 9.38 Å². The van der Waals surface area contributed by atoms with E-state index in [2.05, 4.69) is 9.72 Å². The number of nitrogens with zero attached hydrogens (tertiary/aromatic N) is 2. The zero-order valence-electron chi connectivity index (χ0n) is 10.2. The topological polar surface area (TPSA) is 60.7 Å². The van der Waals surface area contributed by atoms with Crippen LogP contribution in [0.1, 0.15) is 10.4 Å². The highest BCUT2D eigenvalue weighted by Crippen LogP contribution is 2.12. The number of aromatic nitrogens is 2. The Morgan fingerprint density at radius 3 is 2.89 bits per heavy atom. The molecule has 3 rings (SSSR count). The third kappa shape index (κ3) is 1.76. The van der Waals surface area contributed by atoms with Crippen molar-refractivity contribution in [2.75, 3.05) is 7.11 Å². The van der Waals surface area contributed by atoms with E-state index in [9.17, 15) is 9.59 Å². The molecule has 0 bridgehead atoms. The minimum absolute atomic E-state index is 0.202. The molecule has 0 spiro atoms. The lowest BCUT2D eigenvalue weighted by molar-refractivity contribution is 0.0601. The normalized spacial score (nSPS) is 10.8. The van der Waals surface area contributed by atoms with Gasteiger partial charge in [-0.2, -0.15) is 0 Å². The average Bonchev–Trinajstić information content (AvgIpc) is 2.46. The van der Waals surface area contributed by atoms with Gasteiger partial charge in [-0.05, 0) is 30.3 Å². The standard InChI is InChI=1S/C14H10N2O3/c1-19-14(18)9-5-6-11-10(8-9)13(17)16-7-3-2-4-12(16)15-11/h2-8H,1H3. The molecule has 2 heterocycles. The minimum atomic E-state index is -0.473. The number of pyridine rings is 1. The Hall–Kier alpha value is -2.69. The van der Waals surface area contributed by atoms with Gasteiger partial charge in [-0.3, -0.25) is 9.20 Å². The molecule has 0 saturated carbocycles. The fraction of sp³-hybridized carbons (Fsp3) is 0.0714. The molecule has 0 radical (unpaired) electrons. The van der Waals surface area contributed by atoms with Crippen LogP contribution in [-0.4, -0.2) is 22.5 Å². The van der Waals surface area contributed by atoms with Crippen LogP contribution < -0.4 is 5.56 Å². The van der Waals surface area contributed by atoms with Crippen molar-refractivity contribution in [2.24, 2.45) is 0 Å². The number of fused-ring (bicyclic) bond motifs is 2. The molecule has 0 amide bonds. The molecule has 0 N–H and O–H groups in total. The molecule has 3 aromatic rings. The Kier molecular flexibility index (Phi) is 2.52. The summed E-state index contributed by atoms with van der Waals surface area (Å²) in [5, 5.41) is 0.395. The summed E-state index contributed by atoms with van der Waals surface area (Å²) in [5.41, 5.74) is 1.27. The molecule has 0 aliphatic carbocycles. The van der Waals surface area contributed by atoms with Gasteiger partial charge in [0.15, 0.2) is 0 Å². The van der Waals surface area contributed by atoms with Gasteiger partial charge in [-0.25, -0.2) is 9.78 Å². The number of ether oxygens (including phenoxy) is 1. The van der Waals surface area contributed by atoms with Crippen molar-refractivity contribution in [3.8, 4) is 0 Å². The van der Waals surface area contributed by atoms with E-state index in [-0.39, 0.29) is 5.56 Å². The summed E-state index contributed by atoms with van der Waals surface area (Å²) in [6.45, 7) is 0. The molecule has 5 heteroatoms. The van der Waals surface area contributed by atoms with Crippen LogP contribution in [-0.2, 0) is 4.74 Å². The Labute approximate surface area is 108 Å². The number of rotatable bonds is 1. The van der Waals surface area contributed by atoms with E-state index in [4.69, 9.17) is 0 Å². The fourth-order valence-corrected chi connectivity index (χ4v) is 2.00. The van der Waals surface area contributed by atoms with E-state index >= 15 is 0 Å². The van der Waals surface area contributed by atoms with Gasteiger partial charge >= 0.3 is 5.97 Å². The lowest BCUT2D eigenvalue weighted by atomic mass is 10.1. The highest BCUT2D eigenvalue weighted by Gasteiger charge is 2.10. The molecule has 5 nitrogen and oxygen atoms in total. The van der Waals surface area contributed by atoms with Crippen molar-refractivity contribution in [1.29, 1.82) is 0 Å². The molecule has 0 aliphatic rings. The first-order chi connectivity index (χ1) is 9.20. The largest absolute Gasteiger partial charge is 0.465 e. The van der Waals surface area contributed by atoms with Crippen LogP contribution in [0.5, 0.6) is 0 Å². The second kappa shape index (κ2) is 4.20. The lowest BCUT2D eigenvalue weighted by Crippen LogP contribution is -2.15. The predicted octanol–water partition coefficient (Wildman–Crippen LogP) is 1.63. The zero-order chi connectivity index (χ0) is 13.4. The molecule has 1 aromatic carbocycles. The van der Waals surface area contributed by atoms with Crippen LogP contribution in [0.4, 0.5) is 0 Å². The van der Waals surface area contributed by atoms with E-state index in [1.807, 2.05) is 6.07 Å². The maximum Gasteiger partial charge on any atom is 0.337 e. The predicted molar refractivity (Wildman–Crippen MR) is 70.3 cm³/mol. The van der Waals surface area contributed by atoms with Gasteiger partial charge in [0.25, 0.3) is 5.56 Å². The lowest BCUT2D eigenvalue weighted by Gasteiger charge is -2.04. The summed E-state index contributed by atoms with van der Waals surface area (Å²) in [5.74, 6) is -0.473. The first-order valence-corrected chi connectivity index (χ1v) is 5.70. The first kappa shape index (κ1) is 11.4. The highest BCUT2D eigenvalue weighted by molar-refractivity contribution is 5.94. The zero-order valence-corrected chi connectivity index (χ0v) is 10.2. The van der Waals surface area contributed by atoms with E-state index in [1.165, 1.54) is 17.6 Å². The molecular weight excluding hydrogens is 244 g/mol. The Bertz CT molecular complexity index is 852. The van der Waals surface area contributed by atoms with Crippen molar-refractivity contribution in [3.63, 3.8) is 0 Å². The van der Waals surface area contributed by atoms with Crippen LogP contribution in [0.15, 0.2) is 47.4 Å². The van der Waals surface area contributed by atoms with Crippen molar-refractivity contribution < 1.29 is 9.53 Å². The van der Waals surface area contributed by atoms with E-state index in [0.717, 1.165) is 0 Å². The number of carbonyl (C=O) groups excluding carboxylic acids is 1. The second-order valence-electron chi connectivity index (χ2n) is 4.07. The van der Waals surface area contributed by atoms with Gasteiger partial charge in [0, 0.05) is 6.20 Å². The van der Waals surface area contributed by atoms with Crippen LogP contribution in [0.3, 0.4) is 0 Å². The SMILES string of the molecule is COC(=O)c1ccc2nc3ccccn3c(=O)c2c1. The van der Waals surface area contributed by atoms with Gasteiger partial charge in [0.05, 0.1) is 23.6 Å². The van der Waals surface area contributed by atoms with Gasteiger partial charge in [0.2, 0.25) is 0 Å². The number of esters is 1. The quantitative estimate of drug-likeness (QED) is 0.489. The first-order valence-electron chi connectivity index (χ1n) is 5.70. The number of hydrogen-bond acceptors (Lipinski definition) is 4. The summed E-state index contributed by atoms with van der Waals surface area (Å²) < 4.78 is 6.09. The number of methoxy groups -OCH3 is 1. The van der Waals surface area contributed by atoms with Crippen LogP contribution in [0, 0.1) is 0 Å². The van der Waals surface area contributed by atoms with Gasteiger partial charge in [0.1, 0.15) is 5.65 Å². The Morgan fingerprint density at radius 1 is 1.26 bits per heavy atom.